The molecule has 0 spiro atoms. The first-order valence-electron chi connectivity index (χ1n) is 9.13. The summed E-state index contributed by atoms with van der Waals surface area (Å²) >= 11 is 0. The lowest BCUT2D eigenvalue weighted by molar-refractivity contribution is -0.938. The van der Waals surface area contributed by atoms with Gasteiger partial charge >= 0.3 is 5.63 Å². The Kier molecular flexibility index (Phi) is 4.37. The van der Waals surface area contributed by atoms with E-state index in [-0.39, 0.29) is 11.4 Å². The Morgan fingerprint density at radius 2 is 1.81 bits per heavy atom. The van der Waals surface area contributed by atoms with Crippen LogP contribution in [-0.2, 0) is 13.1 Å². The van der Waals surface area contributed by atoms with Gasteiger partial charge < -0.3 is 9.32 Å². The van der Waals surface area contributed by atoms with Crippen LogP contribution in [0.5, 0.6) is 0 Å². The number of hydrogen-bond donors (Lipinski definition) is 1. The molecule has 1 unspecified atom stereocenters. The number of hydrogen-bond acceptors (Lipinski definition) is 2. The quantitative estimate of drug-likeness (QED) is 0.715. The fourth-order valence-electron chi connectivity index (χ4n) is 3.62. The van der Waals surface area contributed by atoms with Gasteiger partial charge in [-0.2, -0.15) is 0 Å². The van der Waals surface area contributed by atoms with Gasteiger partial charge in [0.15, 0.2) is 0 Å². The first-order valence-corrected chi connectivity index (χ1v) is 9.13. The summed E-state index contributed by atoms with van der Waals surface area (Å²) in [4.78, 5) is 13.5. The van der Waals surface area contributed by atoms with E-state index in [0.717, 1.165) is 40.7 Å². The van der Waals surface area contributed by atoms with Gasteiger partial charge in [0.25, 0.3) is 0 Å². The number of benzene rings is 2. The molecule has 1 aromatic heterocycles. The van der Waals surface area contributed by atoms with Crippen molar-refractivity contribution in [3.05, 3.63) is 81.0 Å². The molecule has 26 heavy (non-hydrogen) atoms. The largest absolute Gasteiger partial charge is 0.422 e. The van der Waals surface area contributed by atoms with Crippen LogP contribution in [0.25, 0.3) is 11.0 Å². The number of rotatable bonds is 5. The van der Waals surface area contributed by atoms with E-state index < -0.39 is 0 Å². The van der Waals surface area contributed by atoms with E-state index in [1.807, 2.05) is 26.0 Å². The monoisotopic (exact) mass is 352 g/mol. The molecule has 1 aliphatic carbocycles. The number of halogens is 1. The van der Waals surface area contributed by atoms with E-state index in [1.54, 1.807) is 6.07 Å². The molecule has 1 N–H and O–H groups in total. The lowest BCUT2D eigenvalue weighted by Gasteiger charge is -2.20. The molecule has 1 aliphatic rings. The van der Waals surface area contributed by atoms with Crippen molar-refractivity contribution in [2.45, 2.75) is 45.8 Å². The van der Waals surface area contributed by atoms with Gasteiger partial charge in [0.1, 0.15) is 24.5 Å². The first kappa shape index (κ1) is 17.0. The minimum Gasteiger partial charge on any atom is -0.422 e. The highest BCUT2D eigenvalue weighted by Crippen LogP contribution is 2.24. The van der Waals surface area contributed by atoms with Crippen LogP contribution in [-0.4, -0.2) is 6.04 Å². The number of quaternary nitrogens is 1. The fraction of sp³-hybridized carbons (Fsp3) is 0.318. The molecule has 3 aromatic rings. The van der Waals surface area contributed by atoms with Crippen molar-refractivity contribution in [2.75, 3.05) is 0 Å². The second-order valence-corrected chi connectivity index (χ2v) is 7.39. The molecule has 0 amide bonds. The molecule has 4 rings (SSSR count). The van der Waals surface area contributed by atoms with E-state index >= 15 is 0 Å². The van der Waals surface area contributed by atoms with Crippen molar-refractivity contribution in [3.8, 4) is 0 Å². The van der Waals surface area contributed by atoms with Crippen LogP contribution in [0.2, 0.25) is 0 Å². The maximum atomic E-state index is 13.2. The van der Waals surface area contributed by atoms with E-state index in [9.17, 15) is 9.18 Å². The molecule has 2 aromatic carbocycles. The third kappa shape index (κ3) is 3.42. The zero-order chi connectivity index (χ0) is 18.3. The van der Waals surface area contributed by atoms with Gasteiger partial charge in [-0.3, -0.25) is 0 Å². The van der Waals surface area contributed by atoms with Crippen molar-refractivity contribution in [1.82, 2.24) is 0 Å². The average molecular weight is 352 g/mol. The highest BCUT2D eigenvalue weighted by atomic mass is 19.1. The SMILES string of the molecule is Cc1ccc2c(C[NH+](Cc3ccc(F)cc3)C3CC3)cc(=O)oc2c1C. The van der Waals surface area contributed by atoms with Crippen LogP contribution in [0.15, 0.2) is 51.7 Å². The minimum absolute atomic E-state index is 0.209. The van der Waals surface area contributed by atoms with Gasteiger partial charge in [0.05, 0.1) is 6.04 Å². The van der Waals surface area contributed by atoms with Crippen LogP contribution in [0.3, 0.4) is 0 Å². The summed E-state index contributed by atoms with van der Waals surface area (Å²) in [5, 5.41) is 1.02. The van der Waals surface area contributed by atoms with E-state index in [4.69, 9.17) is 4.42 Å². The predicted molar refractivity (Wildman–Crippen MR) is 99.8 cm³/mol. The average Bonchev–Trinajstić information content (AvgIpc) is 3.45. The van der Waals surface area contributed by atoms with Crippen LogP contribution in [0, 0.1) is 19.7 Å². The summed E-state index contributed by atoms with van der Waals surface area (Å²) < 4.78 is 18.7. The van der Waals surface area contributed by atoms with Gasteiger partial charge in [-0.05, 0) is 37.1 Å². The van der Waals surface area contributed by atoms with Crippen molar-refractivity contribution in [2.24, 2.45) is 0 Å². The lowest BCUT2D eigenvalue weighted by atomic mass is 10.0. The van der Waals surface area contributed by atoms with E-state index in [0.29, 0.717) is 11.6 Å². The molecular formula is C22H23FNO2+. The van der Waals surface area contributed by atoms with Crippen molar-refractivity contribution in [3.63, 3.8) is 0 Å². The van der Waals surface area contributed by atoms with E-state index in [2.05, 4.69) is 12.1 Å². The Morgan fingerprint density at radius 3 is 2.50 bits per heavy atom. The van der Waals surface area contributed by atoms with Crippen molar-refractivity contribution in [1.29, 1.82) is 0 Å². The summed E-state index contributed by atoms with van der Waals surface area (Å²) in [5.41, 5.74) is 4.70. The molecule has 1 saturated carbocycles. The van der Waals surface area contributed by atoms with Gasteiger partial charge in [-0.15, -0.1) is 0 Å². The number of nitrogens with one attached hydrogen (secondary N) is 1. The Balaban J connectivity index is 1.69. The summed E-state index contributed by atoms with van der Waals surface area (Å²) in [5.74, 6) is -0.209. The second-order valence-electron chi connectivity index (χ2n) is 7.39. The molecule has 4 heteroatoms. The third-order valence-electron chi connectivity index (χ3n) is 5.43. The number of fused-ring (bicyclic) bond motifs is 1. The standard InChI is InChI=1S/C22H22FNO2/c1-14-3-10-20-17(11-21(25)26-22(20)15(14)2)13-24(19-8-9-19)12-16-4-6-18(23)7-5-16/h3-7,10-11,19H,8-9,12-13H2,1-2H3/p+1. The normalized spacial score (nSPS) is 15.3. The number of aryl methyl sites for hydroxylation is 2. The fourth-order valence-corrected chi connectivity index (χ4v) is 3.62. The molecule has 1 heterocycles. The van der Waals surface area contributed by atoms with Gasteiger partial charge in [0, 0.05) is 35.4 Å². The van der Waals surface area contributed by atoms with Crippen molar-refractivity contribution >= 4 is 11.0 Å². The highest BCUT2D eigenvalue weighted by Gasteiger charge is 2.33. The van der Waals surface area contributed by atoms with Crippen LogP contribution >= 0.6 is 0 Å². The van der Waals surface area contributed by atoms with Gasteiger partial charge in [-0.25, -0.2) is 9.18 Å². The Labute approximate surface area is 152 Å². The van der Waals surface area contributed by atoms with Crippen molar-refractivity contribution < 1.29 is 13.7 Å². The van der Waals surface area contributed by atoms with Gasteiger partial charge in [0.2, 0.25) is 0 Å². The molecule has 0 aliphatic heterocycles. The third-order valence-corrected chi connectivity index (χ3v) is 5.43. The van der Waals surface area contributed by atoms with Gasteiger partial charge in [-0.1, -0.05) is 24.3 Å². The summed E-state index contributed by atoms with van der Waals surface area (Å²) in [7, 11) is 0. The highest BCUT2D eigenvalue weighted by molar-refractivity contribution is 5.83. The maximum absolute atomic E-state index is 13.2. The topological polar surface area (TPSA) is 34.7 Å². The molecule has 1 fully saturated rings. The summed E-state index contributed by atoms with van der Waals surface area (Å²) in [6, 6.07) is 13.1. The van der Waals surface area contributed by atoms with Crippen LogP contribution < -0.4 is 10.5 Å². The first-order chi connectivity index (χ1) is 12.5. The molecular weight excluding hydrogens is 329 g/mol. The second kappa shape index (κ2) is 6.69. The Morgan fingerprint density at radius 1 is 1.08 bits per heavy atom. The van der Waals surface area contributed by atoms with Crippen LogP contribution in [0.1, 0.15) is 35.1 Å². The zero-order valence-electron chi connectivity index (χ0n) is 15.1. The zero-order valence-corrected chi connectivity index (χ0v) is 15.1. The molecule has 1 atom stereocenters. The summed E-state index contributed by atoms with van der Waals surface area (Å²) in [6.07, 6.45) is 2.40. The molecule has 0 saturated heterocycles. The van der Waals surface area contributed by atoms with Crippen LogP contribution in [0.4, 0.5) is 4.39 Å². The summed E-state index contributed by atoms with van der Waals surface area (Å²) in [6.45, 7) is 5.62. The maximum Gasteiger partial charge on any atom is 0.336 e. The Bertz CT molecular complexity index is 1000. The smallest absolute Gasteiger partial charge is 0.336 e. The Hall–Kier alpha value is -2.46. The predicted octanol–water partition coefficient (Wildman–Crippen LogP) is 3.30. The van der Waals surface area contributed by atoms with E-state index in [1.165, 1.54) is 29.9 Å². The molecule has 0 bridgehead atoms. The molecule has 134 valence electrons. The molecule has 0 radical (unpaired) electrons. The lowest BCUT2D eigenvalue weighted by Crippen LogP contribution is -3.10. The minimum atomic E-state index is -0.293. The molecule has 3 nitrogen and oxygen atoms in total.